The number of hydrogen-bond acceptors (Lipinski definition) is 3. The Morgan fingerprint density at radius 2 is 1.73 bits per heavy atom. The highest BCUT2D eigenvalue weighted by atomic mass is 32.2. The average Bonchev–Trinajstić information content (AvgIpc) is 3.11. The maximum atomic E-state index is 13.4. The molecule has 3 aromatic rings. The lowest BCUT2D eigenvalue weighted by Crippen LogP contribution is -2.36. The molecule has 1 aliphatic rings. The van der Waals surface area contributed by atoms with E-state index in [2.05, 4.69) is 5.32 Å². The number of carbonyl (C=O) groups is 1. The number of hydrogen-bond donors (Lipinski definition) is 1. The van der Waals surface area contributed by atoms with E-state index in [1.165, 1.54) is 10.4 Å². The van der Waals surface area contributed by atoms with Crippen molar-refractivity contribution >= 4 is 21.6 Å². The van der Waals surface area contributed by atoms with Crippen molar-refractivity contribution in [2.75, 3.05) is 10.8 Å². The van der Waals surface area contributed by atoms with Crippen LogP contribution in [-0.4, -0.2) is 26.9 Å². The third kappa shape index (κ3) is 3.96. The zero-order valence-corrected chi connectivity index (χ0v) is 17.6. The van der Waals surface area contributed by atoms with Gasteiger partial charge in [-0.05, 0) is 55.2 Å². The zero-order valence-electron chi connectivity index (χ0n) is 16.8. The zero-order chi connectivity index (χ0) is 21.1. The molecule has 0 aliphatic carbocycles. The van der Waals surface area contributed by atoms with Gasteiger partial charge >= 0.3 is 0 Å². The highest BCUT2D eigenvalue weighted by molar-refractivity contribution is 7.92. The Morgan fingerprint density at radius 1 is 1.00 bits per heavy atom. The number of anilines is 1. The number of para-hydroxylation sites is 1. The van der Waals surface area contributed by atoms with Crippen LogP contribution >= 0.6 is 0 Å². The monoisotopic (exact) mass is 420 g/mol. The van der Waals surface area contributed by atoms with Gasteiger partial charge in [0.15, 0.2) is 0 Å². The van der Waals surface area contributed by atoms with Crippen LogP contribution < -0.4 is 9.62 Å². The number of nitrogens with one attached hydrogen (secondary N) is 1. The fourth-order valence-electron chi connectivity index (χ4n) is 3.88. The van der Waals surface area contributed by atoms with Gasteiger partial charge in [-0.3, -0.25) is 9.10 Å². The molecule has 5 nitrogen and oxygen atoms in total. The number of nitrogens with zero attached hydrogens (tertiary/aromatic N) is 1. The summed E-state index contributed by atoms with van der Waals surface area (Å²) in [5.41, 5.74) is 3.20. The summed E-state index contributed by atoms with van der Waals surface area (Å²) in [5, 5.41) is 2.87. The lowest BCUT2D eigenvalue weighted by molar-refractivity contribution is 0.0954. The summed E-state index contributed by atoms with van der Waals surface area (Å²) < 4.78 is 28.2. The Bertz CT molecular complexity index is 1160. The molecule has 1 aliphatic heterocycles. The number of sulfonamides is 1. The number of carbonyl (C=O) groups excluding carboxylic acids is 1. The smallest absolute Gasteiger partial charge is 0.264 e. The van der Waals surface area contributed by atoms with Gasteiger partial charge in [-0.25, -0.2) is 8.42 Å². The molecule has 154 valence electrons. The summed E-state index contributed by atoms with van der Waals surface area (Å²) in [4.78, 5) is 12.7. The molecular weight excluding hydrogens is 396 g/mol. The molecule has 1 N–H and O–H groups in total. The molecule has 0 radical (unpaired) electrons. The lowest BCUT2D eigenvalue weighted by Gasteiger charge is -2.24. The van der Waals surface area contributed by atoms with Crippen LogP contribution in [0.2, 0.25) is 0 Å². The van der Waals surface area contributed by atoms with E-state index in [9.17, 15) is 13.2 Å². The van der Waals surface area contributed by atoms with Crippen LogP contribution in [0.1, 0.15) is 28.4 Å². The molecule has 0 saturated heterocycles. The van der Waals surface area contributed by atoms with Gasteiger partial charge in [0.05, 0.1) is 10.6 Å². The number of fused-ring (bicyclic) bond motifs is 1. The molecule has 0 spiro atoms. The molecule has 0 bridgehead atoms. The Hall–Kier alpha value is -3.12. The van der Waals surface area contributed by atoms with Crippen molar-refractivity contribution in [3.63, 3.8) is 0 Å². The summed E-state index contributed by atoms with van der Waals surface area (Å²) in [5.74, 6) is -0.280. The largest absolute Gasteiger partial charge is 0.352 e. The fraction of sp³-hybridized carbons (Fsp3) is 0.208. The Kier molecular flexibility index (Phi) is 5.59. The van der Waals surface area contributed by atoms with Crippen LogP contribution in [0, 0.1) is 0 Å². The van der Waals surface area contributed by atoms with E-state index in [0.29, 0.717) is 30.6 Å². The maximum absolute atomic E-state index is 13.4. The lowest BCUT2D eigenvalue weighted by atomic mass is 10.1. The molecule has 3 aromatic carbocycles. The molecule has 1 amide bonds. The summed E-state index contributed by atoms with van der Waals surface area (Å²) in [7, 11) is -3.77. The summed E-state index contributed by atoms with van der Waals surface area (Å²) in [6, 6.07) is 23.5. The summed E-state index contributed by atoms with van der Waals surface area (Å²) >= 11 is 0. The van der Waals surface area contributed by atoms with Crippen LogP contribution in [0.4, 0.5) is 5.69 Å². The van der Waals surface area contributed by atoms with Crippen molar-refractivity contribution in [1.29, 1.82) is 0 Å². The second-order valence-electron chi connectivity index (χ2n) is 7.50. The third-order valence-corrected chi connectivity index (χ3v) is 7.26. The van der Waals surface area contributed by atoms with Gasteiger partial charge < -0.3 is 5.32 Å². The first kappa shape index (κ1) is 20.2. The van der Waals surface area contributed by atoms with Crippen molar-refractivity contribution in [2.24, 2.45) is 0 Å². The minimum Gasteiger partial charge on any atom is -0.352 e. The second kappa shape index (κ2) is 8.32. The fourth-order valence-corrected chi connectivity index (χ4v) is 5.62. The highest BCUT2D eigenvalue weighted by Gasteiger charge is 2.36. The molecule has 4 rings (SSSR count). The number of rotatable bonds is 6. The first-order chi connectivity index (χ1) is 14.5. The van der Waals surface area contributed by atoms with E-state index < -0.39 is 10.0 Å². The third-order valence-electron chi connectivity index (χ3n) is 5.34. The van der Waals surface area contributed by atoms with E-state index in [0.717, 1.165) is 11.1 Å². The number of amides is 1. The van der Waals surface area contributed by atoms with Gasteiger partial charge in [0.25, 0.3) is 15.9 Å². The van der Waals surface area contributed by atoms with Gasteiger partial charge in [0.2, 0.25) is 0 Å². The van der Waals surface area contributed by atoms with Crippen LogP contribution in [0.3, 0.4) is 0 Å². The van der Waals surface area contributed by atoms with Crippen LogP contribution in [-0.2, 0) is 22.9 Å². The van der Waals surface area contributed by atoms with Gasteiger partial charge in [-0.1, -0.05) is 54.6 Å². The first-order valence-corrected chi connectivity index (χ1v) is 11.5. The van der Waals surface area contributed by atoms with E-state index >= 15 is 0 Å². The molecule has 6 heteroatoms. The molecule has 0 aromatic heterocycles. The number of benzene rings is 3. The highest BCUT2D eigenvalue weighted by Crippen LogP contribution is 2.36. The van der Waals surface area contributed by atoms with Crippen LogP contribution in [0.5, 0.6) is 0 Å². The standard InChI is InChI=1S/C24H24N2O3S/c1-18-16-20-10-5-6-13-23(20)26(18)30(28,29)22-12-7-11-21(17-22)24(27)25-15-14-19-8-3-2-4-9-19/h2-13,17-18H,14-16H2,1H3,(H,25,27). The molecule has 1 atom stereocenters. The quantitative estimate of drug-likeness (QED) is 0.660. The van der Waals surface area contributed by atoms with Gasteiger partial charge in [0.1, 0.15) is 0 Å². The normalized spacial score (nSPS) is 15.6. The van der Waals surface area contributed by atoms with Crippen LogP contribution in [0.25, 0.3) is 0 Å². The molecule has 1 unspecified atom stereocenters. The molecule has 0 saturated carbocycles. The molecule has 30 heavy (non-hydrogen) atoms. The molecular formula is C24H24N2O3S. The predicted molar refractivity (Wildman–Crippen MR) is 118 cm³/mol. The van der Waals surface area contributed by atoms with Crippen LogP contribution in [0.15, 0.2) is 83.8 Å². The van der Waals surface area contributed by atoms with Crippen molar-refractivity contribution in [3.05, 3.63) is 95.6 Å². The van der Waals surface area contributed by atoms with Gasteiger partial charge in [-0.15, -0.1) is 0 Å². The second-order valence-corrected chi connectivity index (χ2v) is 9.32. The Labute approximate surface area is 177 Å². The SMILES string of the molecule is CC1Cc2ccccc2N1S(=O)(=O)c1cccc(C(=O)NCCc2ccccc2)c1. The first-order valence-electron chi connectivity index (χ1n) is 10.0. The molecule has 1 heterocycles. The van der Waals surface area contributed by atoms with E-state index in [1.54, 1.807) is 18.2 Å². The van der Waals surface area contributed by atoms with Gasteiger partial charge in [0, 0.05) is 18.2 Å². The predicted octanol–water partition coefficient (Wildman–Crippen LogP) is 3.80. The maximum Gasteiger partial charge on any atom is 0.264 e. The minimum atomic E-state index is -3.77. The summed E-state index contributed by atoms with van der Waals surface area (Å²) in [6.07, 6.45) is 1.39. The average molecular weight is 421 g/mol. The van der Waals surface area contributed by atoms with E-state index in [4.69, 9.17) is 0 Å². The molecule has 0 fully saturated rings. The Morgan fingerprint density at radius 3 is 2.53 bits per heavy atom. The van der Waals surface area contributed by atoms with Crippen molar-refractivity contribution < 1.29 is 13.2 Å². The van der Waals surface area contributed by atoms with Crippen molar-refractivity contribution in [2.45, 2.75) is 30.7 Å². The van der Waals surface area contributed by atoms with Crippen molar-refractivity contribution in [1.82, 2.24) is 5.32 Å². The van der Waals surface area contributed by atoms with E-state index in [-0.39, 0.29) is 16.8 Å². The van der Waals surface area contributed by atoms with Gasteiger partial charge in [-0.2, -0.15) is 0 Å². The summed E-state index contributed by atoms with van der Waals surface area (Å²) in [6.45, 7) is 2.38. The van der Waals surface area contributed by atoms with E-state index in [1.807, 2.05) is 61.5 Å². The van der Waals surface area contributed by atoms with Crippen molar-refractivity contribution in [3.8, 4) is 0 Å². The minimum absolute atomic E-state index is 0.127. The topological polar surface area (TPSA) is 66.5 Å². The Balaban J connectivity index is 1.52.